The molecule has 0 radical (unpaired) electrons. The van der Waals surface area contributed by atoms with Crippen LogP contribution >= 0.6 is 0 Å². The van der Waals surface area contributed by atoms with Crippen molar-refractivity contribution < 1.29 is 9.53 Å². The van der Waals surface area contributed by atoms with E-state index in [9.17, 15) is 9.59 Å². The number of nitrogens with zero attached hydrogens (tertiary/aromatic N) is 3. The molecule has 8 heteroatoms. The molecule has 100 valence electrons. The van der Waals surface area contributed by atoms with Gasteiger partial charge in [0.05, 0.1) is 6.33 Å². The minimum atomic E-state index is -0.384. The fourth-order valence-electron chi connectivity index (χ4n) is 2.14. The molecule has 1 amide bonds. The molecule has 0 aromatic carbocycles. The average molecular weight is 263 g/mol. The van der Waals surface area contributed by atoms with E-state index in [2.05, 4.69) is 20.3 Å². The fourth-order valence-corrected chi connectivity index (χ4v) is 2.14. The Kier molecular flexibility index (Phi) is 2.79. The number of hydrogen-bond acceptors (Lipinski definition) is 5. The average Bonchev–Trinajstić information content (AvgIpc) is 2.94. The molecule has 1 saturated heterocycles. The van der Waals surface area contributed by atoms with Crippen LogP contribution in [0.4, 0.5) is 5.95 Å². The molecular weight excluding hydrogens is 250 g/mol. The topological polar surface area (TPSA) is 102 Å². The van der Waals surface area contributed by atoms with Crippen LogP contribution in [0.25, 0.3) is 11.2 Å². The minimum absolute atomic E-state index is 0.116. The van der Waals surface area contributed by atoms with Crippen LogP contribution in [0.15, 0.2) is 11.1 Å². The number of H-pyrrole nitrogens is 1. The zero-order valence-electron chi connectivity index (χ0n) is 10.3. The summed E-state index contributed by atoms with van der Waals surface area (Å²) in [5, 5.41) is 2.46. The van der Waals surface area contributed by atoms with E-state index < -0.39 is 0 Å². The van der Waals surface area contributed by atoms with E-state index in [-0.39, 0.29) is 29.2 Å². The van der Waals surface area contributed by atoms with Gasteiger partial charge in [0.15, 0.2) is 11.2 Å². The van der Waals surface area contributed by atoms with Gasteiger partial charge in [0.2, 0.25) is 11.9 Å². The number of anilines is 1. The van der Waals surface area contributed by atoms with Gasteiger partial charge in [0.25, 0.3) is 5.56 Å². The molecule has 2 aromatic heterocycles. The maximum absolute atomic E-state index is 11.8. The van der Waals surface area contributed by atoms with Gasteiger partial charge >= 0.3 is 0 Å². The van der Waals surface area contributed by atoms with Crippen molar-refractivity contribution in [3.63, 3.8) is 0 Å². The van der Waals surface area contributed by atoms with Crippen molar-refractivity contribution >= 4 is 23.0 Å². The highest BCUT2D eigenvalue weighted by molar-refractivity contribution is 5.87. The van der Waals surface area contributed by atoms with Crippen molar-refractivity contribution in [2.45, 2.75) is 26.0 Å². The van der Waals surface area contributed by atoms with Crippen LogP contribution in [0.2, 0.25) is 0 Å². The Morgan fingerprint density at radius 1 is 1.63 bits per heavy atom. The lowest BCUT2D eigenvalue weighted by Gasteiger charge is -2.11. The summed E-state index contributed by atoms with van der Waals surface area (Å²) in [5.41, 5.74) is 0.273. The Morgan fingerprint density at radius 2 is 2.47 bits per heavy atom. The van der Waals surface area contributed by atoms with Crippen LogP contribution in [-0.4, -0.2) is 32.0 Å². The van der Waals surface area contributed by atoms with Crippen LogP contribution in [-0.2, 0) is 9.53 Å². The summed E-state index contributed by atoms with van der Waals surface area (Å²) in [5.74, 6) is -0.185. The minimum Gasteiger partial charge on any atom is -0.358 e. The summed E-state index contributed by atoms with van der Waals surface area (Å²) in [6.45, 7) is 2.04. The Hall–Kier alpha value is -2.22. The Morgan fingerprint density at radius 3 is 3.16 bits per heavy atom. The van der Waals surface area contributed by atoms with Gasteiger partial charge < -0.3 is 4.74 Å². The first-order valence-electron chi connectivity index (χ1n) is 6.01. The number of carbonyl (C=O) groups excluding carboxylic acids is 1. The summed E-state index contributed by atoms with van der Waals surface area (Å²) < 4.78 is 7.27. The Balaban J connectivity index is 2.11. The van der Waals surface area contributed by atoms with E-state index >= 15 is 0 Å². The van der Waals surface area contributed by atoms with Gasteiger partial charge in [-0.2, -0.15) is 4.98 Å². The summed E-state index contributed by atoms with van der Waals surface area (Å²) in [7, 11) is 0. The summed E-state index contributed by atoms with van der Waals surface area (Å²) >= 11 is 0. The third kappa shape index (κ3) is 2.10. The predicted molar refractivity (Wildman–Crippen MR) is 66.7 cm³/mol. The molecule has 8 nitrogen and oxygen atoms in total. The molecule has 0 saturated carbocycles. The van der Waals surface area contributed by atoms with Crippen LogP contribution in [0.5, 0.6) is 0 Å². The molecule has 2 aromatic rings. The molecule has 1 aliphatic rings. The first-order chi connectivity index (χ1) is 9.15. The van der Waals surface area contributed by atoms with Gasteiger partial charge in [0, 0.05) is 13.5 Å². The van der Waals surface area contributed by atoms with E-state index in [0.29, 0.717) is 12.3 Å². The Bertz CT molecular complexity index is 683. The second-order valence-electron chi connectivity index (χ2n) is 4.39. The van der Waals surface area contributed by atoms with E-state index in [1.54, 1.807) is 10.9 Å². The van der Waals surface area contributed by atoms with Crippen molar-refractivity contribution in [1.29, 1.82) is 0 Å². The lowest BCUT2D eigenvalue weighted by molar-refractivity contribution is -0.114. The lowest BCUT2D eigenvalue weighted by atomic mass is 10.3. The maximum Gasteiger partial charge on any atom is 0.280 e. The first kappa shape index (κ1) is 11.8. The van der Waals surface area contributed by atoms with Crippen molar-refractivity contribution in [3.8, 4) is 0 Å². The largest absolute Gasteiger partial charge is 0.358 e. The molecular formula is C11H13N5O3. The van der Waals surface area contributed by atoms with Gasteiger partial charge in [-0.25, -0.2) is 4.98 Å². The molecule has 1 atom stereocenters. The number of amides is 1. The summed E-state index contributed by atoms with van der Waals surface area (Å²) in [6, 6.07) is 0. The van der Waals surface area contributed by atoms with Crippen molar-refractivity contribution in [3.05, 3.63) is 16.7 Å². The Labute approximate surface area is 107 Å². The lowest BCUT2D eigenvalue weighted by Crippen LogP contribution is -2.17. The van der Waals surface area contributed by atoms with Gasteiger partial charge in [-0.15, -0.1) is 0 Å². The highest BCUT2D eigenvalue weighted by Gasteiger charge is 2.21. The molecule has 0 spiro atoms. The highest BCUT2D eigenvalue weighted by atomic mass is 16.5. The SMILES string of the molecule is CC(=O)Nc1nc2c(ncn2C2CCCO2)c(=O)[nH]1. The van der Waals surface area contributed by atoms with Gasteiger partial charge in [0.1, 0.15) is 6.23 Å². The van der Waals surface area contributed by atoms with Crippen molar-refractivity contribution in [2.75, 3.05) is 11.9 Å². The van der Waals surface area contributed by atoms with Crippen LogP contribution in [0.3, 0.4) is 0 Å². The molecule has 19 heavy (non-hydrogen) atoms. The number of nitrogens with one attached hydrogen (secondary N) is 2. The van der Waals surface area contributed by atoms with Gasteiger partial charge in [-0.05, 0) is 12.8 Å². The maximum atomic E-state index is 11.8. The molecule has 3 rings (SSSR count). The number of fused-ring (bicyclic) bond motifs is 1. The van der Waals surface area contributed by atoms with E-state index in [0.717, 1.165) is 12.8 Å². The fraction of sp³-hybridized carbons (Fsp3) is 0.455. The zero-order chi connectivity index (χ0) is 13.4. The highest BCUT2D eigenvalue weighted by Crippen LogP contribution is 2.25. The molecule has 0 aliphatic carbocycles. The van der Waals surface area contributed by atoms with Crippen LogP contribution in [0.1, 0.15) is 26.0 Å². The summed E-state index contributed by atoms with van der Waals surface area (Å²) in [6.07, 6.45) is 3.21. The second-order valence-corrected chi connectivity index (χ2v) is 4.39. The van der Waals surface area contributed by atoms with Crippen LogP contribution < -0.4 is 10.9 Å². The number of aromatic nitrogens is 4. The number of imidazole rings is 1. The number of carbonyl (C=O) groups is 1. The van der Waals surface area contributed by atoms with Crippen LogP contribution in [0, 0.1) is 0 Å². The smallest absolute Gasteiger partial charge is 0.280 e. The van der Waals surface area contributed by atoms with Gasteiger partial charge in [-0.1, -0.05) is 0 Å². The number of rotatable bonds is 2. The normalized spacial score (nSPS) is 18.9. The zero-order valence-corrected chi connectivity index (χ0v) is 10.3. The molecule has 1 fully saturated rings. The van der Waals surface area contributed by atoms with Crippen molar-refractivity contribution in [1.82, 2.24) is 19.5 Å². The van der Waals surface area contributed by atoms with Gasteiger partial charge in [-0.3, -0.25) is 24.5 Å². The van der Waals surface area contributed by atoms with E-state index in [1.807, 2.05) is 0 Å². The monoisotopic (exact) mass is 263 g/mol. The molecule has 0 bridgehead atoms. The second kappa shape index (κ2) is 4.47. The third-order valence-electron chi connectivity index (χ3n) is 2.94. The van der Waals surface area contributed by atoms with E-state index in [4.69, 9.17) is 4.74 Å². The molecule has 1 unspecified atom stereocenters. The standard InChI is InChI=1S/C11H13N5O3/c1-6(17)13-11-14-9-8(10(18)15-11)12-5-16(9)7-3-2-4-19-7/h5,7H,2-4H2,1H3,(H2,13,14,15,17,18). The van der Waals surface area contributed by atoms with E-state index in [1.165, 1.54) is 6.92 Å². The quantitative estimate of drug-likeness (QED) is 0.815. The first-order valence-corrected chi connectivity index (χ1v) is 6.01. The molecule has 2 N–H and O–H groups in total. The van der Waals surface area contributed by atoms with Crippen molar-refractivity contribution in [2.24, 2.45) is 0 Å². The summed E-state index contributed by atoms with van der Waals surface area (Å²) in [4.78, 5) is 33.6. The number of hydrogen-bond donors (Lipinski definition) is 2. The third-order valence-corrected chi connectivity index (χ3v) is 2.94. The molecule has 3 heterocycles. The molecule has 1 aliphatic heterocycles. The number of ether oxygens (including phenoxy) is 1. The predicted octanol–water partition coefficient (Wildman–Crippen LogP) is 0.387. The number of aromatic amines is 1.